The van der Waals surface area contributed by atoms with Gasteiger partial charge in [0.25, 0.3) is 0 Å². The second-order valence-electron chi connectivity index (χ2n) is 3.04. The van der Waals surface area contributed by atoms with Crippen molar-refractivity contribution in [2.75, 3.05) is 6.61 Å². The van der Waals surface area contributed by atoms with Crippen LogP contribution in [0.25, 0.3) is 0 Å². The van der Waals surface area contributed by atoms with Crippen LogP contribution in [0.3, 0.4) is 0 Å². The van der Waals surface area contributed by atoms with Crippen LogP contribution >= 0.6 is 15.9 Å². The van der Waals surface area contributed by atoms with E-state index in [1.807, 2.05) is 6.07 Å². The zero-order valence-corrected chi connectivity index (χ0v) is 9.74. The Bertz CT molecular complexity index is 330. The first-order chi connectivity index (χ1) is 7.18. The van der Waals surface area contributed by atoms with Crippen molar-refractivity contribution in [2.24, 2.45) is 0 Å². The minimum Gasteiger partial charge on any atom is -0.492 e. The van der Waals surface area contributed by atoms with E-state index in [1.165, 1.54) is 0 Å². The molecule has 1 rings (SSSR count). The van der Waals surface area contributed by atoms with E-state index < -0.39 is 5.97 Å². The molecule has 0 radical (unpaired) electrons. The molecule has 0 saturated carbocycles. The Hall–Kier alpha value is -1.10. The number of aromatic nitrogens is 1. The summed E-state index contributed by atoms with van der Waals surface area (Å²) in [6.45, 7) is 0.519. The fourth-order valence-electron chi connectivity index (χ4n) is 1.04. The van der Waals surface area contributed by atoms with Crippen molar-refractivity contribution in [2.45, 2.75) is 19.3 Å². The highest BCUT2D eigenvalue weighted by atomic mass is 79.9. The van der Waals surface area contributed by atoms with Gasteiger partial charge in [-0.15, -0.1) is 0 Å². The van der Waals surface area contributed by atoms with Crippen LogP contribution < -0.4 is 4.74 Å². The maximum Gasteiger partial charge on any atom is 0.303 e. The Balaban J connectivity index is 2.17. The number of hydrogen-bond donors (Lipinski definition) is 1. The van der Waals surface area contributed by atoms with Crippen LogP contribution in [0.15, 0.2) is 22.9 Å². The molecule has 1 aromatic heterocycles. The molecule has 0 spiro atoms. The third kappa shape index (κ3) is 5.37. The first-order valence-corrected chi connectivity index (χ1v) is 5.43. The smallest absolute Gasteiger partial charge is 0.303 e. The third-order valence-electron chi connectivity index (χ3n) is 1.73. The van der Waals surface area contributed by atoms with Crippen molar-refractivity contribution in [3.8, 4) is 5.75 Å². The van der Waals surface area contributed by atoms with Crippen LogP contribution in [-0.2, 0) is 4.79 Å². The molecule has 15 heavy (non-hydrogen) atoms. The van der Waals surface area contributed by atoms with Gasteiger partial charge in [0.1, 0.15) is 5.75 Å². The number of halogens is 1. The van der Waals surface area contributed by atoms with Crippen LogP contribution in [0.5, 0.6) is 5.75 Å². The van der Waals surface area contributed by atoms with Crippen LogP contribution in [0.4, 0.5) is 0 Å². The van der Waals surface area contributed by atoms with Gasteiger partial charge in [-0.3, -0.25) is 9.78 Å². The molecule has 0 amide bonds. The lowest BCUT2D eigenvalue weighted by molar-refractivity contribution is -0.137. The van der Waals surface area contributed by atoms with Crippen LogP contribution in [-0.4, -0.2) is 22.7 Å². The summed E-state index contributed by atoms with van der Waals surface area (Å²) >= 11 is 3.28. The largest absolute Gasteiger partial charge is 0.492 e. The van der Waals surface area contributed by atoms with E-state index in [9.17, 15) is 4.79 Å². The first-order valence-electron chi connectivity index (χ1n) is 4.63. The molecule has 5 heteroatoms. The van der Waals surface area contributed by atoms with Crippen molar-refractivity contribution in [1.82, 2.24) is 4.98 Å². The van der Waals surface area contributed by atoms with Crippen molar-refractivity contribution in [3.05, 3.63) is 22.9 Å². The van der Waals surface area contributed by atoms with E-state index in [0.717, 1.165) is 10.9 Å². The topological polar surface area (TPSA) is 59.4 Å². The molecule has 1 aromatic rings. The maximum atomic E-state index is 10.2. The average molecular weight is 274 g/mol. The monoisotopic (exact) mass is 273 g/mol. The summed E-state index contributed by atoms with van der Waals surface area (Å²) in [5, 5.41) is 8.41. The number of ether oxygens (including phenoxy) is 1. The maximum absolute atomic E-state index is 10.2. The summed E-state index contributed by atoms with van der Waals surface area (Å²) in [5.41, 5.74) is 0. The van der Waals surface area contributed by atoms with E-state index >= 15 is 0 Å². The minimum atomic E-state index is -0.765. The van der Waals surface area contributed by atoms with E-state index in [0.29, 0.717) is 18.8 Å². The molecule has 0 aliphatic rings. The Morgan fingerprint density at radius 1 is 1.47 bits per heavy atom. The van der Waals surface area contributed by atoms with Crippen LogP contribution in [0.2, 0.25) is 0 Å². The van der Waals surface area contributed by atoms with Crippen LogP contribution in [0, 0.1) is 0 Å². The Morgan fingerprint density at radius 2 is 2.27 bits per heavy atom. The van der Waals surface area contributed by atoms with Gasteiger partial charge in [-0.05, 0) is 34.8 Å². The van der Waals surface area contributed by atoms with Gasteiger partial charge in [0.05, 0.1) is 12.8 Å². The predicted molar refractivity (Wildman–Crippen MR) is 58.9 cm³/mol. The number of unbranched alkanes of at least 4 members (excludes halogenated alkanes) is 1. The highest BCUT2D eigenvalue weighted by molar-refractivity contribution is 9.10. The quantitative estimate of drug-likeness (QED) is 0.809. The average Bonchev–Trinajstić information content (AvgIpc) is 2.17. The number of carboxylic acids is 1. The molecule has 0 aliphatic carbocycles. The highest BCUT2D eigenvalue weighted by Gasteiger charge is 1.98. The number of nitrogens with zero attached hydrogens (tertiary/aromatic N) is 1. The standard InChI is InChI=1S/C10H12BrNO3/c11-8-5-9(7-12-6-8)15-4-2-1-3-10(13)14/h5-7H,1-4H2,(H,13,14). The molecule has 4 nitrogen and oxygen atoms in total. The summed E-state index contributed by atoms with van der Waals surface area (Å²) in [4.78, 5) is 14.2. The number of pyridine rings is 1. The van der Waals surface area contributed by atoms with Gasteiger partial charge in [0.2, 0.25) is 0 Å². The molecule has 0 fully saturated rings. The Morgan fingerprint density at radius 3 is 2.93 bits per heavy atom. The molecule has 0 atom stereocenters. The van der Waals surface area contributed by atoms with Crippen molar-refractivity contribution in [1.29, 1.82) is 0 Å². The fraction of sp³-hybridized carbons (Fsp3) is 0.400. The first kappa shape index (κ1) is 12.0. The summed E-state index contributed by atoms with van der Waals surface area (Å²) in [7, 11) is 0. The molecule has 0 unspecified atom stereocenters. The SMILES string of the molecule is O=C(O)CCCCOc1cncc(Br)c1. The molecule has 1 N–H and O–H groups in total. The van der Waals surface area contributed by atoms with Gasteiger partial charge in [0, 0.05) is 17.1 Å². The summed E-state index contributed by atoms with van der Waals surface area (Å²) in [6.07, 6.45) is 4.87. The molecule has 0 aliphatic heterocycles. The van der Waals surface area contributed by atoms with E-state index in [1.54, 1.807) is 12.4 Å². The normalized spacial score (nSPS) is 9.93. The lowest BCUT2D eigenvalue weighted by atomic mass is 10.2. The minimum absolute atomic E-state index is 0.195. The highest BCUT2D eigenvalue weighted by Crippen LogP contribution is 2.15. The van der Waals surface area contributed by atoms with Gasteiger partial charge in [0.15, 0.2) is 0 Å². The third-order valence-corrected chi connectivity index (χ3v) is 2.17. The number of aliphatic carboxylic acids is 1. The van der Waals surface area contributed by atoms with Crippen molar-refractivity contribution < 1.29 is 14.6 Å². The predicted octanol–water partition coefficient (Wildman–Crippen LogP) is 2.48. The fourth-order valence-corrected chi connectivity index (χ4v) is 1.38. The van der Waals surface area contributed by atoms with Crippen LogP contribution in [0.1, 0.15) is 19.3 Å². The van der Waals surface area contributed by atoms with Gasteiger partial charge < -0.3 is 9.84 Å². The van der Waals surface area contributed by atoms with Crippen molar-refractivity contribution in [3.63, 3.8) is 0 Å². The Labute approximate surface area is 96.4 Å². The molecule has 0 aromatic carbocycles. The lowest BCUT2D eigenvalue weighted by Gasteiger charge is -2.04. The number of carbonyl (C=O) groups is 1. The Kier molecular flexibility index (Phi) is 5.10. The van der Waals surface area contributed by atoms with Gasteiger partial charge in [-0.2, -0.15) is 0 Å². The molecule has 82 valence electrons. The molecular formula is C10H12BrNO3. The second kappa shape index (κ2) is 6.40. The molecule has 0 bridgehead atoms. The summed E-state index contributed by atoms with van der Waals surface area (Å²) in [5.74, 6) is -0.0705. The zero-order chi connectivity index (χ0) is 11.1. The number of rotatable bonds is 6. The van der Waals surface area contributed by atoms with E-state index in [-0.39, 0.29) is 6.42 Å². The van der Waals surface area contributed by atoms with E-state index in [4.69, 9.17) is 9.84 Å². The molecule has 1 heterocycles. The molecular weight excluding hydrogens is 262 g/mol. The van der Waals surface area contributed by atoms with E-state index in [2.05, 4.69) is 20.9 Å². The van der Waals surface area contributed by atoms with Gasteiger partial charge in [-0.1, -0.05) is 0 Å². The number of carboxylic acid groups (broad SMARTS) is 1. The van der Waals surface area contributed by atoms with Crippen molar-refractivity contribution >= 4 is 21.9 Å². The summed E-state index contributed by atoms with van der Waals surface area (Å²) in [6, 6.07) is 1.82. The second-order valence-corrected chi connectivity index (χ2v) is 3.95. The van der Waals surface area contributed by atoms with Gasteiger partial charge in [-0.25, -0.2) is 0 Å². The molecule has 0 saturated heterocycles. The van der Waals surface area contributed by atoms with Gasteiger partial charge >= 0.3 is 5.97 Å². The number of hydrogen-bond acceptors (Lipinski definition) is 3. The zero-order valence-electron chi connectivity index (χ0n) is 8.15. The lowest BCUT2D eigenvalue weighted by Crippen LogP contribution is -2.00. The summed E-state index contributed by atoms with van der Waals surface area (Å²) < 4.78 is 6.25.